The van der Waals surface area contributed by atoms with Crippen LogP contribution in [-0.4, -0.2) is 33.7 Å². The van der Waals surface area contributed by atoms with Crippen molar-refractivity contribution in [3.05, 3.63) is 48.0 Å². The van der Waals surface area contributed by atoms with Crippen molar-refractivity contribution in [3.63, 3.8) is 0 Å². The van der Waals surface area contributed by atoms with Crippen LogP contribution in [0.15, 0.2) is 47.4 Å². The van der Waals surface area contributed by atoms with Crippen LogP contribution < -0.4 is 14.7 Å². The van der Waals surface area contributed by atoms with E-state index in [4.69, 9.17) is 4.74 Å². The van der Waals surface area contributed by atoms with E-state index >= 15 is 0 Å². The SMILES string of the molecule is CCCCN(CCCC)c1cc(C(=O)[O-])cc(S(C)(=O)=O)c1Oc1ccccc1. The summed E-state index contributed by atoms with van der Waals surface area (Å²) in [5, 5.41) is 11.6. The van der Waals surface area contributed by atoms with E-state index in [1.807, 2.05) is 11.0 Å². The average molecular weight is 419 g/mol. The predicted molar refractivity (Wildman–Crippen MR) is 112 cm³/mol. The molecule has 2 aromatic carbocycles. The maximum Gasteiger partial charge on any atom is 0.179 e. The quantitative estimate of drug-likeness (QED) is 0.554. The molecule has 0 unspecified atom stereocenters. The highest BCUT2D eigenvalue weighted by Gasteiger charge is 2.24. The van der Waals surface area contributed by atoms with E-state index in [0.717, 1.165) is 38.0 Å². The first-order chi connectivity index (χ1) is 13.8. The van der Waals surface area contributed by atoms with Crippen molar-refractivity contribution in [1.82, 2.24) is 0 Å². The third kappa shape index (κ3) is 6.22. The van der Waals surface area contributed by atoms with Gasteiger partial charge in [-0.3, -0.25) is 0 Å². The van der Waals surface area contributed by atoms with E-state index in [1.54, 1.807) is 24.3 Å². The molecule has 0 atom stereocenters. The van der Waals surface area contributed by atoms with Gasteiger partial charge in [-0.15, -0.1) is 0 Å². The number of aromatic carboxylic acids is 1. The first-order valence-corrected chi connectivity index (χ1v) is 11.7. The molecule has 29 heavy (non-hydrogen) atoms. The average Bonchev–Trinajstić information content (AvgIpc) is 2.68. The Bertz CT molecular complexity index is 918. The second-order valence-corrected chi connectivity index (χ2v) is 8.98. The zero-order chi connectivity index (χ0) is 21.4. The van der Waals surface area contributed by atoms with Crippen LogP contribution in [0.5, 0.6) is 11.5 Å². The Morgan fingerprint density at radius 1 is 1.03 bits per heavy atom. The topological polar surface area (TPSA) is 86.7 Å². The summed E-state index contributed by atoms with van der Waals surface area (Å²) in [6, 6.07) is 11.4. The second-order valence-electron chi connectivity index (χ2n) is 6.99. The molecule has 0 spiro atoms. The van der Waals surface area contributed by atoms with Gasteiger partial charge in [-0.25, -0.2) is 8.42 Å². The smallest absolute Gasteiger partial charge is 0.179 e. The van der Waals surface area contributed by atoms with Crippen molar-refractivity contribution < 1.29 is 23.1 Å². The molecule has 0 N–H and O–H groups in total. The van der Waals surface area contributed by atoms with Crippen LogP contribution in [0, 0.1) is 0 Å². The Hall–Kier alpha value is -2.54. The van der Waals surface area contributed by atoms with Gasteiger partial charge in [0.2, 0.25) is 0 Å². The molecule has 2 rings (SSSR count). The fourth-order valence-corrected chi connectivity index (χ4v) is 3.80. The molecule has 0 heterocycles. The molecule has 158 valence electrons. The first kappa shape index (κ1) is 22.7. The van der Waals surface area contributed by atoms with Gasteiger partial charge in [0, 0.05) is 24.9 Å². The third-order valence-corrected chi connectivity index (χ3v) is 5.64. The molecular weight excluding hydrogens is 390 g/mol. The lowest BCUT2D eigenvalue weighted by Gasteiger charge is -2.28. The Balaban J connectivity index is 2.71. The van der Waals surface area contributed by atoms with Crippen LogP contribution in [-0.2, 0) is 9.84 Å². The molecule has 0 aliphatic heterocycles. The number of nitrogens with zero attached hydrogens (tertiary/aromatic N) is 1. The van der Waals surface area contributed by atoms with Crippen LogP contribution in [0.25, 0.3) is 0 Å². The van der Waals surface area contributed by atoms with E-state index in [1.165, 1.54) is 6.07 Å². The zero-order valence-corrected chi connectivity index (χ0v) is 18.0. The van der Waals surface area contributed by atoms with E-state index in [-0.39, 0.29) is 16.2 Å². The number of sulfone groups is 1. The molecule has 0 amide bonds. The molecule has 0 saturated carbocycles. The number of para-hydroxylation sites is 1. The number of hydrogen-bond acceptors (Lipinski definition) is 6. The van der Waals surface area contributed by atoms with Crippen LogP contribution in [0.3, 0.4) is 0 Å². The number of carboxylic acids is 1. The van der Waals surface area contributed by atoms with Gasteiger partial charge in [-0.2, -0.15) is 0 Å². The molecule has 7 heteroatoms. The minimum Gasteiger partial charge on any atom is -0.545 e. The number of carboxylic acid groups (broad SMARTS) is 1. The van der Waals surface area contributed by atoms with Gasteiger partial charge in [0.05, 0.1) is 11.7 Å². The molecule has 0 saturated heterocycles. The highest BCUT2D eigenvalue weighted by molar-refractivity contribution is 7.90. The summed E-state index contributed by atoms with van der Waals surface area (Å²) < 4.78 is 31.0. The van der Waals surface area contributed by atoms with Gasteiger partial charge in [0.25, 0.3) is 0 Å². The van der Waals surface area contributed by atoms with Crippen molar-refractivity contribution in [1.29, 1.82) is 0 Å². The second kappa shape index (κ2) is 10.3. The fraction of sp³-hybridized carbons (Fsp3) is 0.409. The molecule has 0 aromatic heterocycles. The molecule has 0 fully saturated rings. The van der Waals surface area contributed by atoms with Gasteiger partial charge >= 0.3 is 0 Å². The largest absolute Gasteiger partial charge is 0.545 e. The number of ether oxygens (including phenoxy) is 1. The normalized spacial score (nSPS) is 11.3. The molecule has 0 aliphatic rings. The van der Waals surface area contributed by atoms with Crippen molar-refractivity contribution in [2.45, 2.75) is 44.4 Å². The summed E-state index contributed by atoms with van der Waals surface area (Å²) in [4.78, 5) is 13.4. The van der Waals surface area contributed by atoms with Gasteiger partial charge in [-0.05, 0) is 37.1 Å². The highest BCUT2D eigenvalue weighted by Crippen LogP contribution is 2.40. The lowest BCUT2D eigenvalue weighted by atomic mass is 10.1. The Morgan fingerprint density at radius 3 is 2.10 bits per heavy atom. The van der Waals surface area contributed by atoms with Crippen LogP contribution in [0.4, 0.5) is 5.69 Å². The van der Waals surface area contributed by atoms with E-state index < -0.39 is 15.8 Å². The van der Waals surface area contributed by atoms with Crippen molar-refractivity contribution in [3.8, 4) is 11.5 Å². The molecule has 0 radical (unpaired) electrons. The summed E-state index contributed by atoms with van der Waals surface area (Å²) in [6.07, 6.45) is 4.73. The number of benzene rings is 2. The molecule has 2 aromatic rings. The van der Waals surface area contributed by atoms with E-state index in [2.05, 4.69) is 13.8 Å². The summed E-state index contributed by atoms with van der Waals surface area (Å²) in [6.45, 7) is 5.47. The predicted octanol–water partition coefficient (Wildman–Crippen LogP) is 3.65. The number of unbranched alkanes of at least 4 members (excludes halogenated alkanes) is 2. The van der Waals surface area contributed by atoms with Gasteiger partial charge in [0.15, 0.2) is 15.6 Å². The van der Waals surface area contributed by atoms with E-state index in [0.29, 0.717) is 24.5 Å². The summed E-state index contributed by atoms with van der Waals surface area (Å²) >= 11 is 0. The fourth-order valence-electron chi connectivity index (χ4n) is 2.98. The molecule has 0 bridgehead atoms. The molecule has 0 aliphatic carbocycles. The minimum absolute atomic E-state index is 0.149. The van der Waals surface area contributed by atoms with Crippen molar-refractivity contribution in [2.24, 2.45) is 0 Å². The molecular formula is C22H28NO5S-. The minimum atomic E-state index is -3.75. The number of carbonyl (C=O) groups is 1. The Kier molecular flexibility index (Phi) is 8.08. The van der Waals surface area contributed by atoms with E-state index in [9.17, 15) is 18.3 Å². The van der Waals surface area contributed by atoms with Crippen LogP contribution in [0.1, 0.15) is 49.9 Å². The molecule has 6 nitrogen and oxygen atoms in total. The summed E-state index contributed by atoms with van der Waals surface area (Å²) in [5.74, 6) is -0.796. The highest BCUT2D eigenvalue weighted by atomic mass is 32.2. The van der Waals surface area contributed by atoms with Crippen molar-refractivity contribution in [2.75, 3.05) is 24.2 Å². The van der Waals surface area contributed by atoms with Gasteiger partial charge in [0.1, 0.15) is 10.6 Å². The monoisotopic (exact) mass is 418 g/mol. The lowest BCUT2D eigenvalue weighted by molar-refractivity contribution is -0.255. The zero-order valence-electron chi connectivity index (χ0n) is 17.2. The standard InChI is InChI=1S/C22H29NO5S/c1-4-6-13-23(14-7-5-2)19-15-17(22(24)25)16-20(29(3,26)27)21(19)28-18-11-9-8-10-12-18/h8-12,15-16H,4-7,13-14H2,1-3H3,(H,24,25)/p-1. The third-order valence-electron chi connectivity index (χ3n) is 4.54. The number of anilines is 1. The Labute approximate surface area is 173 Å². The number of rotatable bonds is 11. The maximum atomic E-state index is 12.5. The number of hydrogen-bond donors (Lipinski definition) is 0. The number of carbonyl (C=O) groups excluding carboxylic acids is 1. The van der Waals surface area contributed by atoms with Crippen molar-refractivity contribution >= 4 is 21.5 Å². The Morgan fingerprint density at radius 2 is 1.62 bits per heavy atom. The van der Waals surface area contributed by atoms with Gasteiger partial charge in [-0.1, -0.05) is 44.9 Å². The summed E-state index contributed by atoms with van der Waals surface area (Å²) in [7, 11) is -3.75. The first-order valence-electron chi connectivity index (χ1n) is 9.85. The van der Waals surface area contributed by atoms with Gasteiger partial charge < -0.3 is 19.5 Å². The maximum absolute atomic E-state index is 12.5. The van der Waals surface area contributed by atoms with Crippen LogP contribution in [0.2, 0.25) is 0 Å². The summed E-state index contributed by atoms with van der Waals surface area (Å²) in [5.41, 5.74) is 0.275. The lowest BCUT2D eigenvalue weighted by Crippen LogP contribution is -2.28. The van der Waals surface area contributed by atoms with Crippen LogP contribution >= 0.6 is 0 Å².